The van der Waals surface area contributed by atoms with Crippen LogP contribution < -0.4 is 9.05 Å². The zero-order valence-electron chi connectivity index (χ0n) is 12.9. The Balaban J connectivity index is 1.72. The second-order valence-corrected chi connectivity index (χ2v) is 6.72. The van der Waals surface area contributed by atoms with Gasteiger partial charge in [-0.25, -0.2) is 4.57 Å². The van der Waals surface area contributed by atoms with Gasteiger partial charge in [0.1, 0.15) is 17.6 Å². The molecule has 7 heteroatoms. The van der Waals surface area contributed by atoms with Crippen LogP contribution in [0.25, 0.3) is 0 Å². The van der Waals surface area contributed by atoms with Crippen LogP contribution in [0.4, 0.5) is 0 Å². The third-order valence-electron chi connectivity index (χ3n) is 3.31. The Kier molecular flexibility index (Phi) is 5.18. The van der Waals surface area contributed by atoms with Gasteiger partial charge in [-0.3, -0.25) is 9.32 Å². The summed E-state index contributed by atoms with van der Waals surface area (Å²) in [6.07, 6.45) is 0.414. The molecule has 1 heterocycles. The predicted octanol–water partition coefficient (Wildman–Crippen LogP) is 3.97. The quantitative estimate of drug-likeness (QED) is 0.557. The van der Waals surface area contributed by atoms with E-state index in [2.05, 4.69) is 0 Å². The molecule has 1 aliphatic heterocycles. The zero-order chi connectivity index (χ0) is 16.8. The number of para-hydroxylation sites is 2. The van der Waals surface area contributed by atoms with Gasteiger partial charge in [-0.1, -0.05) is 36.4 Å². The van der Waals surface area contributed by atoms with Gasteiger partial charge < -0.3 is 13.8 Å². The van der Waals surface area contributed by atoms with Crippen LogP contribution in [0.5, 0.6) is 11.5 Å². The number of ether oxygens (including phenoxy) is 1. The minimum absolute atomic E-state index is 0.0529. The summed E-state index contributed by atoms with van der Waals surface area (Å²) in [5, 5.41) is 0. The highest BCUT2D eigenvalue weighted by molar-refractivity contribution is 7.49. The molecule has 0 radical (unpaired) electrons. The maximum Gasteiger partial charge on any atom is 0.587 e. The van der Waals surface area contributed by atoms with Crippen molar-refractivity contribution in [2.75, 3.05) is 6.61 Å². The van der Waals surface area contributed by atoms with Crippen LogP contribution in [0.2, 0.25) is 0 Å². The second-order valence-electron chi connectivity index (χ2n) is 5.20. The summed E-state index contributed by atoms with van der Waals surface area (Å²) >= 11 is 0. The minimum Gasteiger partial charge on any atom is -0.460 e. The Morgan fingerprint density at radius 3 is 1.96 bits per heavy atom. The highest BCUT2D eigenvalue weighted by Gasteiger charge is 2.34. The first kappa shape index (κ1) is 16.6. The lowest BCUT2D eigenvalue weighted by Gasteiger charge is -2.20. The van der Waals surface area contributed by atoms with Crippen molar-refractivity contribution in [3.05, 3.63) is 60.7 Å². The first-order valence-corrected chi connectivity index (χ1v) is 9.02. The fourth-order valence-corrected chi connectivity index (χ4v) is 3.42. The third kappa shape index (κ3) is 4.60. The van der Waals surface area contributed by atoms with Crippen LogP contribution >= 0.6 is 7.82 Å². The highest BCUT2D eigenvalue weighted by atomic mass is 31.2. The fourth-order valence-electron chi connectivity index (χ4n) is 2.17. The van der Waals surface area contributed by atoms with Crippen molar-refractivity contribution in [1.29, 1.82) is 0 Å². The largest absolute Gasteiger partial charge is 0.587 e. The lowest BCUT2D eigenvalue weighted by Crippen LogP contribution is -2.17. The summed E-state index contributed by atoms with van der Waals surface area (Å²) in [5.74, 6) is 0.437. The average Bonchev–Trinajstić information content (AvgIpc) is 3.00. The summed E-state index contributed by atoms with van der Waals surface area (Å²) in [4.78, 5) is 11.2. The number of benzene rings is 2. The molecule has 126 valence electrons. The average molecular weight is 348 g/mol. The highest BCUT2D eigenvalue weighted by Crippen LogP contribution is 2.49. The van der Waals surface area contributed by atoms with Crippen molar-refractivity contribution >= 4 is 13.8 Å². The van der Waals surface area contributed by atoms with Gasteiger partial charge in [-0.05, 0) is 30.7 Å². The van der Waals surface area contributed by atoms with Crippen molar-refractivity contribution in [3.8, 4) is 11.5 Å². The number of rotatable bonds is 7. The Morgan fingerprint density at radius 2 is 1.50 bits per heavy atom. The molecule has 3 rings (SSSR count). The number of cyclic esters (lactones) is 1. The van der Waals surface area contributed by atoms with Crippen LogP contribution in [-0.4, -0.2) is 18.7 Å². The summed E-state index contributed by atoms with van der Waals surface area (Å²) < 4.78 is 34.4. The summed E-state index contributed by atoms with van der Waals surface area (Å²) in [5.41, 5.74) is 0. The molecule has 0 unspecified atom stereocenters. The monoisotopic (exact) mass is 348 g/mol. The summed E-state index contributed by atoms with van der Waals surface area (Å²) in [6, 6.07) is 17.2. The SMILES string of the molecule is O=C1CC[C@@H](COP(=O)(Oc2ccccc2)Oc2ccccc2)O1. The van der Waals surface area contributed by atoms with E-state index in [1.165, 1.54) is 0 Å². The number of phosphoric ester groups is 1. The lowest BCUT2D eigenvalue weighted by atomic mass is 10.2. The van der Waals surface area contributed by atoms with Crippen molar-refractivity contribution in [2.24, 2.45) is 0 Å². The van der Waals surface area contributed by atoms with Gasteiger partial charge in [0.2, 0.25) is 0 Å². The fraction of sp³-hybridized carbons (Fsp3) is 0.235. The van der Waals surface area contributed by atoms with E-state index in [0.29, 0.717) is 24.3 Å². The Hall–Kier alpha value is -2.30. The van der Waals surface area contributed by atoms with E-state index in [1.807, 2.05) is 12.1 Å². The molecular formula is C17H17O6P. The van der Waals surface area contributed by atoms with E-state index >= 15 is 0 Å². The number of carbonyl (C=O) groups excluding carboxylic acids is 1. The van der Waals surface area contributed by atoms with Crippen LogP contribution in [0.15, 0.2) is 60.7 Å². The molecule has 1 atom stereocenters. The van der Waals surface area contributed by atoms with Crippen molar-refractivity contribution in [2.45, 2.75) is 18.9 Å². The molecule has 1 saturated heterocycles. The normalized spacial score (nSPS) is 17.3. The third-order valence-corrected chi connectivity index (χ3v) is 4.64. The molecule has 24 heavy (non-hydrogen) atoms. The number of phosphoric acid groups is 1. The van der Waals surface area contributed by atoms with Crippen LogP contribution in [-0.2, 0) is 18.6 Å². The molecule has 0 aromatic heterocycles. The first-order valence-electron chi connectivity index (χ1n) is 7.56. The molecule has 0 bridgehead atoms. The van der Waals surface area contributed by atoms with Gasteiger partial charge in [0.25, 0.3) is 0 Å². The van der Waals surface area contributed by atoms with Crippen molar-refractivity contribution < 1.29 is 27.7 Å². The van der Waals surface area contributed by atoms with Crippen LogP contribution in [0, 0.1) is 0 Å². The minimum atomic E-state index is -3.93. The van der Waals surface area contributed by atoms with Crippen LogP contribution in [0.3, 0.4) is 0 Å². The lowest BCUT2D eigenvalue weighted by molar-refractivity contribution is -0.142. The van der Waals surface area contributed by atoms with Gasteiger partial charge in [0.05, 0.1) is 6.61 Å². The first-order chi connectivity index (χ1) is 11.6. The smallest absolute Gasteiger partial charge is 0.460 e. The molecule has 0 saturated carbocycles. The van der Waals surface area contributed by atoms with Gasteiger partial charge in [0, 0.05) is 6.42 Å². The van der Waals surface area contributed by atoms with E-state index in [-0.39, 0.29) is 12.6 Å². The summed E-state index contributed by atoms with van der Waals surface area (Å²) in [6.45, 7) is -0.0529. The van der Waals surface area contributed by atoms with Gasteiger partial charge >= 0.3 is 13.8 Å². The number of esters is 1. The molecule has 0 spiro atoms. The van der Waals surface area contributed by atoms with E-state index in [0.717, 1.165) is 0 Å². The number of hydrogen-bond acceptors (Lipinski definition) is 6. The van der Waals surface area contributed by atoms with Crippen LogP contribution in [0.1, 0.15) is 12.8 Å². The maximum atomic E-state index is 13.0. The predicted molar refractivity (Wildman–Crippen MR) is 86.8 cm³/mol. The Labute approximate surface area is 139 Å². The molecule has 6 nitrogen and oxygen atoms in total. The topological polar surface area (TPSA) is 71.1 Å². The molecule has 1 aliphatic rings. The maximum absolute atomic E-state index is 13.0. The van der Waals surface area contributed by atoms with Crippen molar-refractivity contribution in [1.82, 2.24) is 0 Å². The molecule has 2 aromatic rings. The summed E-state index contributed by atoms with van der Waals surface area (Å²) in [7, 11) is -3.93. The molecule has 1 fully saturated rings. The molecule has 0 amide bonds. The molecule has 0 N–H and O–H groups in total. The van der Waals surface area contributed by atoms with Gasteiger partial charge in [-0.2, -0.15) is 0 Å². The second kappa shape index (κ2) is 7.51. The Morgan fingerprint density at radius 1 is 0.958 bits per heavy atom. The zero-order valence-corrected chi connectivity index (χ0v) is 13.8. The molecular weight excluding hydrogens is 331 g/mol. The Bertz CT molecular complexity index is 673. The molecule has 0 aliphatic carbocycles. The van der Waals surface area contributed by atoms with E-state index in [9.17, 15) is 9.36 Å². The number of hydrogen-bond donors (Lipinski definition) is 0. The van der Waals surface area contributed by atoms with Crippen molar-refractivity contribution in [3.63, 3.8) is 0 Å². The van der Waals surface area contributed by atoms with E-state index in [4.69, 9.17) is 18.3 Å². The molecule has 2 aromatic carbocycles. The van der Waals surface area contributed by atoms with E-state index in [1.54, 1.807) is 48.5 Å². The van der Waals surface area contributed by atoms with E-state index < -0.39 is 13.9 Å². The van der Waals surface area contributed by atoms with Gasteiger partial charge in [0.15, 0.2) is 0 Å². The number of carbonyl (C=O) groups is 1. The van der Waals surface area contributed by atoms with Gasteiger partial charge in [-0.15, -0.1) is 0 Å². The standard InChI is InChI=1S/C17H17O6P/c18-17-12-11-16(21-17)13-20-24(19,22-14-7-3-1-4-8-14)23-15-9-5-2-6-10-15/h1-10,16H,11-13H2/t16-/m0/s1.